The van der Waals surface area contributed by atoms with Crippen LogP contribution in [0.25, 0.3) is 0 Å². The molecule has 0 aliphatic heterocycles. The molecule has 0 aliphatic carbocycles. The number of hydrogen-bond donors (Lipinski definition) is 3. The summed E-state index contributed by atoms with van der Waals surface area (Å²) in [5, 5.41) is 13.8. The Balaban J connectivity index is 2.73. The molecular formula is C14H18N2O4. The van der Waals surface area contributed by atoms with E-state index >= 15 is 0 Å². The number of nitrogens with one attached hydrogen (secondary N) is 2. The predicted octanol–water partition coefficient (Wildman–Crippen LogP) is 0.715. The van der Waals surface area contributed by atoms with Gasteiger partial charge in [-0.1, -0.05) is 12.1 Å². The van der Waals surface area contributed by atoms with Crippen molar-refractivity contribution < 1.29 is 19.5 Å². The molecular weight excluding hydrogens is 260 g/mol. The molecule has 1 aromatic rings. The Labute approximate surface area is 117 Å². The lowest BCUT2D eigenvalue weighted by Crippen LogP contribution is -2.50. The SMILES string of the molecule is CC(=O)c1cccc(NC(=O)C(=O)NC(C)(C)CO)c1. The van der Waals surface area contributed by atoms with E-state index in [2.05, 4.69) is 10.6 Å². The smallest absolute Gasteiger partial charge is 0.313 e. The standard InChI is InChI=1S/C14H18N2O4/c1-9(18)10-5-4-6-11(7-10)15-12(19)13(20)16-14(2,3)8-17/h4-7,17H,8H2,1-3H3,(H,15,19)(H,16,20). The fourth-order valence-corrected chi connectivity index (χ4v) is 1.41. The zero-order chi connectivity index (χ0) is 15.3. The third-order valence-electron chi connectivity index (χ3n) is 2.58. The van der Waals surface area contributed by atoms with Crippen LogP contribution in [0.15, 0.2) is 24.3 Å². The molecule has 2 amide bonds. The van der Waals surface area contributed by atoms with Crippen LogP contribution in [0.3, 0.4) is 0 Å². The zero-order valence-corrected chi connectivity index (χ0v) is 11.7. The number of aliphatic hydroxyl groups is 1. The van der Waals surface area contributed by atoms with Crippen LogP contribution in [0.5, 0.6) is 0 Å². The molecule has 0 atom stereocenters. The molecule has 0 saturated heterocycles. The van der Waals surface area contributed by atoms with Crippen LogP contribution in [0.2, 0.25) is 0 Å². The average molecular weight is 278 g/mol. The van der Waals surface area contributed by atoms with E-state index in [0.717, 1.165) is 0 Å². The first-order valence-corrected chi connectivity index (χ1v) is 6.10. The second-order valence-electron chi connectivity index (χ2n) is 5.09. The summed E-state index contributed by atoms with van der Waals surface area (Å²) in [6.07, 6.45) is 0. The van der Waals surface area contributed by atoms with Gasteiger partial charge in [-0.25, -0.2) is 0 Å². The van der Waals surface area contributed by atoms with E-state index in [1.807, 2.05) is 0 Å². The van der Waals surface area contributed by atoms with E-state index in [4.69, 9.17) is 5.11 Å². The maximum absolute atomic E-state index is 11.7. The van der Waals surface area contributed by atoms with Crippen molar-refractivity contribution in [3.8, 4) is 0 Å². The van der Waals surface area contributed by atoms with Gasteiger partial charge in [0.25, 0.3) is 0 Å². The molecule has 1 rings (SSSR count). The number of ketones is 1. The number of hydrogen-bond acceptors (Lipinski definition) is 4. The minimum Gasteiger partial charge on any atom is -0.394 e. The van der Waals surface area contributed by atoms with Crippen LogP contribution >= 0.6 is 0 Å². The van der Waals surface area contributed by atoms with Crippen molar-refractivity contribution in [2.24, 2.45) is 0 Å². The van der Waals surface area contributed by atoms with Gasteiger partial charge in [0.05, 0.1) is 12.1 Å². The molecule has 6 nitrogen and oxygen atoms in total. The maximum Gasteiger partial charge on any atom is 0.313 e. The van der Waals surface area contributed by atoms with E-state index < -0.39 is 17.4 Å². The molecule has 0 saturated carbocycles. The largest absolute Gasteiger partial charge is 0.394 e. The minimum atomic E-state index is -0.879. The fraction of sp³-hybridized carbons (Fsp3) is 0.357. The predicted molar refractivity (Wildman–Crippen MR) is 74.4 cm³/mol. The van der Waals surface area contributed by atoms with E-state index in [9.17, 15) is 14.4 Å². The average Bonchev–Trinajstić information content (AvgIpc) is 2.38. The van der Waals surface area contributed by atoms with Gasteiger partial charge in [0.1, 0.15) is 0 Å². The quantitative estimate of drug-likeness (QED) is 0.558. The van der Waals surface area contributed by atoms with Crippen molar-refractivity contribution in [2.75, 3.05) is 11.9 Å². The lowest BCUT2D eigenvalue weighted by Gasteiger charge is -2.22. The summed E-state index contributed by atoms with van der Waals surface area (Å²) < 4.78 is 0. The van der Waals surface area contributed by atoms with E-state index in [0.29, 0.717) is 11.3 Å². The number of benzene rings is 1. The summed E-state index contributed by atoms with van der Waals surface area (Å²) >= 11 is 0. The number of Topliss-reactive ketones (excluding diaryl/α,β-unsaturated/α-hetero) is 1. The monoisotopic (exact) mass is 278 g/mol. The van der Waals surface area contributed by atoms with Crippen molar-refractivity contribution in [2.45, 2.75) is 26.3 Å². The molecule has 0 spiro atoms. The Morgan fingerprint density at radius 1 is 1.20 bits per heavy atom. The first-order chi connectivity index (χ1) is 9.25. The van der Waals surface area contributed by atoms with Crippen LogP contribution in [0.4, 0.5) is 5.69 Å². The summed E-state index contributed by atoms with van der Waals surface area (Å²) in [6, 6.07) is 6.30. The highest BCUT2D eigenvalue weighted by molar-refractivity contribution is 6.39. The van der Waals surface area contributed by atoms with Crippen molar-refractivity contribution in [3.63, 3.8) is 0 Å². The van der Waals surface area contributed by atoms with Crippen LogP contribution in [-0.2, 0) is 9.59 Å². The molecule has 0 aliphatic rings. The van der Waals surface area contributed by atoms with Gasteiger partial charge in [0.2, 0.25) is 0 Å². The Kier molecular flexibility index (Phi) is 4.99. The van der Waals surface area contributed by atoms with Crippen LogP contribution in [0, 0.1) is 0 Å². The third kappa shape index (κ3) is 4.47. The molecule has 6 heteroatoms. The van der Waals surface area contributed by atoms with Crippen molar-refractivity contribution >= 4 is 23.3 Å². The Morgan fingerprint density at radius 3 is 2.40 bits per heavy atom. The van der Waals surface area contributed by atoms with Gasteiger partial charge < -0.3 is 15.7 Å². The van der Waals surface area contributed by atoms with Gasteiger partial charge in [0.15, 0.2) is 5.78 Å². The first-order valence-electron chi connectivity index (χ1n) is 6.10. The minimum absolute atomic E-state index is 0.132. The Hall–Kier alpha value is -2.21. The van der Waals surface area contributed by atoms with Crippen LogP contribution < -0.4 is 10.6 Å². The van der Waals surface area contributed by atoms with Gasteiger partial charge in [-0.05, 0) is 32.9 Å². The Bertz CT molecular complexity index is 538. The summed E-state index contributed by atoms with van der Waals surface area (Å²) in [5.41, 5.74) is -0.0751. The second kappa shape index (κ2) is 6.29. The zero-order valence-electron chi connectivity index (χ0n) is 11.7. The van der Waals surface area contributed by atoms with Crippen molar-refractivity contribution in [1.29, 1.82) is 0 Å². The van der Waals surface area contributed by atoms with Crippen LogP contribution in [-0.4, -0.2) is 34.8 Å². The fourth-order valence-electron chi connectivity index (χ4n) is 1.41. The van der Waals surface area contributed by atoms with E-state index in [-0.39, 0.29) is 12.4 Å². The summed E-state index contributed by atoms with van der Waals surface area (Å²) in [5.74, 6) is -1.84. The normalized spacial score (nSPS) is 10.8. The molecule has 0 aromatic heterocycles. The highest BCUT2D eigenvalue weighted by Gasteiger charge is 2.23. The topological polar surface area (TPSA) is 95.5 Å². The van der Waals surface area contributed by atoms with Gasteiger partial charge in [-0.2, -0.15) is 0 Å². The number of amides is 2. The molecule has 0 unspecified atom stereocenters. The molecule has 20 heavy (non-hydrogen) atoms. The second-order valence-corrected chi connectivity index (χ2v) is 5.09. The van der Waals surface area contributed by atoms with Crippen molar-refractivity contribution in [1.82, 2.24) is 5.32 Å². The molecule has 3 N–H and O–H groups in total. The highest BCUT2D eigenvalue weighted by Crippen LogP contribution is 2.11. The lowest BCUT2D eigenvalue weighted by molar-refractivity contribution is -0.137. The third-order valence-corrected chi connectivity index (χ3v) is 2.58. The highest BCUT2D eigenvalue weighted by atomic mass is 16.3. The number of carbonyl (C=O) groups excluding carboxylic acids is 3. The maximum atomic E-state index is 11.7. The molecule has 0 fully saturated rings. The van der Waals surface area contributed by atoms with Gasteiger partial charge >= 0.3 is 11.8 Å². The summed E-state index contributed by atoms with van der Waals surface area (Å²) in [4.78, 5) is 34.6. The number of carbonyl (C=O) groups is 3. The molecule has 1 aromatic carbocycles. The van der Waals surface area contributed by atoms with Gasteiger partial charge in [-0.3, -0.25) is 14.4 Å². The first kappa shape index (κ1) is 15.8. The number of aliphatic hydroxyl groups excluding tert-OH is 1. The summed E-state index contributed by atoms with van der Waals surface area (Å²) in [7, 11) is 0. The lowest BCUT2D eigenvalue weighted by atomic mass is 10.1. The summed E-state index contributed by atoms with van der Waals surface area (Å²) in [6.45, 7) is 4.31. The number of rotatable bonds is 4. The molecule has 108 valence electrons. The molecule has 0 bridgehead atoms. The van der Waals surface area contributed by atoms with E-state index in [1.165, 1.54) is 13.0 Å². The van der Waals surface area contributed by atoms with E-state index in [1.54, 1.807) is 32.0 Å². The molecule has 0 radical (unpaired) electrons. The van der Waals surface area contributed by atoms with Crippen molar-refractivity contribution in [3.05, 3.63) is 29.8 Å². The number of anilines is 1. The molecule has 0 heterocycles. The van der Waals surface area contributed by atoms with Gasteiger partial charge in [0, 0.05) is 11.3 Å². The van der Waals surface area contributed by atoms with Crippen LogP contribution in [0.1, 0.15) is 31.1 Å². The van der Waals surface area contributed by atoms with Gasteiger partial charge in [-0.15, -0.1) is 0 Å². The Morgan fingerprint density at radius 2 is 1.85 bits per heavy atom.